The van der Waals surface area contributed by atoms with Crippen LogP contribution in [0.5, 0.6) is 0 Å². The van der Waals surface area contributed by atoms with Crippen LogP contribution in [0.25, 0.3) is 11.1 Å². The number of hydrogen-bond donors (Lipinski definition) is 0. The van der Waals surface area contributed by atoms with Gasteiger partial charge in [-0.1, -0.05) is 0 Å². The van der Waals surface area contributed by atoms with Gasteiger partial charge in [0.25, 0.3) is 0 Å². The molecule has 0 bridgehead atoms. The van der Waals surface area contributed by atoms with Crippen LogP contribution in [0.2, 0.25) is 3.67 Å². The minimum Gasteiger partial charge on any atom is -1.00 e. The Morgan fingerprint density at radius 3 is 1.70 bits per heavy atom. The van der Waals surface area contributed by atoms with Crippen molar-refractivity contribution >= 4 is 3.26 Å². The Morgan fingerprint density at radius 1 is 0.750 bits per heavy atom. The molecule has 2 aliphatic carbocycles. The minimum atomic E-state index is -2.69. The van der Waals surface area contributed by atoms with Crippen LogP contribution in [-0.2, 0) is 31.8 Å². The van der Waals surface area contributed by atoms with Crippen molar-refractivity contribution in [2.45, 2.75) is 72.6 Å². The third-order valence-corrected chi connectivity index (χ3v) is 21.1. The smallest absolute Gasteiger partial charge is 1.00 e. The molecule has 0 aromatic heterocycles. The van der Waals surface area contributed by atoms with E-state index >= 15 is 0 Å². The standard InChI is InChI=1S/C21H25.C11H12.C5H5.2ClH.Hf/c1-20(2,3)16-7-9-18-14(12-16)11-15-13-17(21(4,5)6)8-10-19(15)18;1-2-3-5-8-11-9-6-4-7-10-11;1-2-4-5-3-1;;;/h7-13H,1-6H3;2,4,6-7,9-10H,1,3,5H2;1-5H;2*1H;/q;;;;;+2/p-2. The van der Waals surface area contributed by atoms with E-state index in [1.54, 1.807) is 14.4 Å². The van der Waals surface area contributed by atoms with Crippen LogP contribution in [0.15, 0.2) is 104 Å². The number of benzene rings is 3. The molecule has 40 heavy (non-hydrogen) atoms. The summed E-state index contributed by atoms with van der Waals surface area (Å²) in [6.45, 7) is 18.2. The Hall–Kier alpha value is -1.80. The zero-order valence-corrected chi connectivity index (χ0v) is 29.9. The first-order chi connectivity index (χ1) is 18.1. The first kappa shape index (κ1) is 32.7. The molecule has 3 aromatic carbocycles. The van der Waals surface area contributed by atoms with Crippen LogP contribution in [0.4, 0.5) is 0 Å². The predicted octanol–water partition coefficient (Wildman–Crippen LogP) is 4.08. The zero-order valence-electron chi connectivity index (χ0n) is 24.8. The Morgan fingerprint density at radius 2 is 1.25 bits per heavy atom. The van der Waals surface area contributed by atoms with Crippen molar-refractivity contribution in [3.8, 4) is 11.1 Å². The van der Waals surface area contributed by atoms with Gasteiger partial charge < -0.3 is 24.8 Å². The molecule has 2 aliphatic rings. The number of halogens is 2. The maximum absolute atomic E-state index is 4.11. The van der Waals surface area contributed by atoms with Crippen LogP contribution in [0.1, 0.15) is 85.9 Å². The molecule has 3 heteroatoms. The van der Waals surface area contributed by atoms with Crippen LogP contribution in [0, 0.1) is 0 Å². The molecule has 0 N–H and O–H groups in total. The van der Waals surface area contributed by atoms with E-state index in [-0.39, 0.29) is 35.6 Å². The van der Waals surface area contributed by atoms with Gasteiger partial charge in [0.05, 0.1) is 0 Å². The quantitative estimate of drug-likeness (QED) is 0.265. The molecular weight excluding hydrogens is 694 g/mol. The first-order valence-corrected chi connectivity index (χ1v) is 20.1. The summed E-state index contributed by atoms with van der Waals surface area (Å²) in [7, 11) is 0. The Labute approximate surface area is 262 Å². The molecule has 0 saturated carbocycles. The zero-order chi connectivity index (χ0) is 27.1. The van der Waals surface area contributed by atoms with Crippen molar-refractivity contribution in [1.29, 1.82) is 0 Å². The van der Waals surface area contributed by atoms with Gasteiger partial charge in [-0.2, -0.15) is 0 Å². The van der Waals surface area contributed by atoms with Gasteiger partial charge in [-0.25, -0.2) is 0 Å². The average Bonchev–Trinajstić information content (AvgIpc) is 3.52. The van der Waals surface area contributed by atoms with E-state index in [2.05, 4.69) is 145 Å². The van der Waals surface area contributed by atoms with Crippen molar-refractivity contribution in [2.75, 3.05) is 0 Å². The Balaban J connectivity index is 0.00000220. The molecule has 0 unspecified atom stereocenters. The first-order valence-electron chi connectivity index (χ1n) is 14.1. The van der Waals surface area contributed by atoms with E-state index in [4.69, 9.17) is 0 Å². The van der Waals surface area contributed by atoms with E-state index in [0.29, 0.717) is 7.35 Å². The largest absolute Gasteiger partial charge is 1.00 e. The van der Waals surface area contributed by atoms with E-state index in [9.17, 15) is 0 Å². The maximum Gasteiger partial charge on any atom is -1.00 e. The third-order valence-electron chi connectivity index (χ3n) is 8.23. The summed E-state index contributed by atoms with van der Waals surface area (Å²) >= 11 is -2.69. The second-order valence-electron chi connectivity index (χ2n) is 13.0. The fraction of sp³-hybridized carbons (Fsp3) is 0.324. The second-order valence-corrected chi connectivity index (χ2v) is 22.9. The van der Waals surface area contributed by atoms with Gasteiger partial charge in [-0.3, -0.25) is 0 Å². The van der Waals surface area contributed by atoms with Crippen LogP contribution in [-0.4, -0.2) is 3.26 Å². The number of allylic oxidation sites excluding steroid dienone is 5. The van der Waals surface area contributed by atoms with E-state index in [0.717, 1.165) is 12.8 Å². The SMILES string of the molecule is C=CCC[C](c1ccccc1)=[Hf+2]([CH]1C=CC=C1)[CH]1c2cc(C(C)(C)C)ccc2-c2ccc(C(C)(C)C)cc21.[Cl-].[Cl-]. The van der Waals surface area contributed by atoms with Crippen LogP contribution < -0.4 is 24.8 Å². The van der Waals surface area contributed by atoms with Gasteiger partial charge in [0.15, 0.2) is 0 Å². The van der Waals surface area contributed by atoms with E-state index in [1.807, 2.05) is 0 Å². The summed E-state index contributed by atoms with van der Waals surface area (Å²) in [5, 5.41) is 0. The fourth-order valence-corrected chi connectivity index (χ4v) is 19.9. The van der Waals surface area contributed by atoms with Crippen LogP contribution >= 0.6 is 0 Å². The summed E-state index contributed by atoms with van der Waals surface area (Å²) in [4.78, 5) is 0. The maximum atomic E-state index is 4.11. The third kappa shape index (κ3) is 6.48. The Kier molecular flexibility index (Phi) is 10.6. The predicted molar refractivity (Wildman–Crippen MR) is 163 cm³/mol. The van der Waals surface area contributed by atoms with Gasteiger partial charge in [0.2, 0.25) is 0 Å². The normalized spacial score (nSPS) is 14.7. The molecule has 0 spiro atoms. The molecule has 0 fully saturated rings. The van der Waals surface area contributed by atoms with Crippen molar-refractivity contribution in [2.24, 2.45) is 0 Å². The van der Waals surface area contributed by atoms with Gasteiger partial charge in [0, 0.05) is 0 Å². The Bertz CT molecular complexity index is 1370. The molecule has 0 saturated heterocycles. The fourth-order valence-electron chi connectivity index (χ4n) is 6.08. The van der Waals surface area contributed by atoms with E-state index in [1.165, 1.54) is 27.8 Å². The van der Waals surface area contributed by atoms with Crippen molar-refractivity contribution in [3.05, 3.63) is 132 Å². The van der Waals surface area contributed by atoms with Gasteiger partial charge in [-0.05, 0) is 0 Å². The molecule has 0 aliphatic heterocycles. The average molecular weight is 736 g/mol. The number of rotatable bonds is 6. The molecule has 0 radical (unpaired) electrons. The molecular formula is C37H42Cl2Hf. The summed E-state index contributed by atoms with van der Waals surface area (Å²) in [6, 6.07) is 26.1. The topological polar surface area (TPSA) is 0 Å². The van der Waals surface area contributed by atoms with Gasteiger partial charge in [-0.15, -0.1) is 0 Å². The molecule has 0 atom stereocenters. The summed E-state index contributed by atoms with van der Waals surface area (Å²) in [5.41, 5.74) is 10.7. The van der Waals surface area contributed by atoms with Gasteiger partial charge >= 0.3 is 239 Å². The summed E-state index contributed by atoms with van der Waals surface area (Å²) < 4.78 is 2.83. The van der Waals surface area contributed by atoms with Crippen molar-refractivity contribution in [1.82, 2.24) is 0 Å². The summed E-state index contributed by atoms with van der Waals surface area (Å²) in [5.74, 6) is 0. The molecule has 0 heterocycles. The molecule has 5 rings (SSSR count). The van der Waals surface area contributed by atoms with Gasteiger partial charge in [0.1, 0.15) is 0 Å². The number of hydrogen-bond acceptors (Lipinski definition) is 0. The second kappa shape index (κ2) is 13.0. The number of fused-ring (bicyclic) bond motifs is 3. The molecule has 208 valence electrons. The molecule has 3 aromatic rings. The minimum absolute atomic E-state index is 0. The summed E-state index contributed by atoms with van der Waals surface area (Å²) in [6.07, 6.45) is 13.9. The van der Waals surface area contributed by atoms with E-state index < -0.39 is 21.0 Å². The molecule has 0 nitrogen and oxygen atoms in total. The van der Waals surface area contributed by atoms with Crippen molar-refractivity contribution < 1.29 is 45.8 Å². The molecule has 0 amide bonds. The van der Waals surface area contributed by atoms with Crippen LogP contribution in [0.3, 0.4) is 0 Å². The van der Waals surface area contributed by atoms with Crippen molar-refractivity contribution in [3.63, 3.8) is 0 Å². The monoisotopic (exact) mass is 736 g/mol.